The minimum absolute atomic E-state index is 0.00229. The SMILES string of the molecule is Nc1cccc(C(O)c2c[nH]c3nccnc23)c1F. The van der Waals surface area contributed by atoms with Crippen molar-refractivity contribution in [3.8, 4) is 0 Å². The third-order valence-corrected chi connectivity index (χ3v) is 2.98. The lowest BCUT2D eigenvalue weighted by Crippen LogP contribution is -2.04. The van der Waals surface area contributed by atoms with E-state index in [2.05, 4.69) is 15.0 Å². The number of hydrogen-bond acceptors (Lipinski definition) is 4. The highest BCUT2D eigenvalue weighted by Gasteiger charge is 2.20. The van der Waals surface area contributed by atoms with Gasteiger partial charge < -0.3 is 15.8 Å². The largest absolute Gasteiger partial charge is 0.396 e. The molecule has 1 aromatic carbocycles. The Labute approximate surface area is 107 Å². The molecule has 3 aromatic rings. The number of aliphatic hydroxyl groups excluding tert-OH is 1. The predicted octanol–water partition coefficient (Wildman–Crippen LogP) is 1.76. The van der Waals surface area contributed by atoms with E-state index in [1.807, 2.05) is 0 Å². The maximum atomic E-state index is 13.9. The van der Waals surface area contributed by atoms with Gasteiger partial charge in [0, 0.05) is 29.7 Å². The number of halogens is 1. The van der Waals surface area contributed by atoms with Crippen molar-refractivity contribution in [3.05, 3.63) is 53.7 Å². The van der Waals surface area contributed by atoms with Crippen molar-refractivity contribution >= 4 is 16.9 Å². The molecule has 0 fully saturated rings. The average molecular weight is 258 g/mol. The molecule has 6 heteroatoms. The van der Waals surface area contributed by atoms with Crippen LogP contribution in [0.5, 0.6) is 0 Å². The first-order chi connectivity index (χ1) is 9.18. The number of nitrogen functional groups attached to an aromatic ring is 1. The summed E-state index contributed by atoms with van der Waals surface area (Å²) in [5.41, 5.74) is 7.14. The lowest BCUT2D eigenvalue weighted by Gasteiger charge is -2.11. The lowest BCUT2D eigenvalue weighted by atomic mass is 10.0. The zero-order valence-electron chi connectivity index (χ0n) is 9.84. The number of aromatic amines is 1. The third-order valence-electron chi connectivity index (χ3n) is 2.98. The number of nitrogens with one attached hydrogen (secondary N) is 1. The van der Waals surface area contributed by atoms with E-state index in [1.165, 1.54) is 24.5 Å². The van der Waals surface area contributed by atoms with E-state index in [4.69, 9.17) is 5.73 Å². The highest BCUT2D eigenvalue weighted by atomic mass is 19.1. The highest BCUT2D eigenvalue weighted by Crippen LogP contribution is 2.29. The van der Waals surface area contributed by atoms with Crippen LogP contribution >= 0.6 is 0 Å². The third kappa shape index (κ3) is 1.82. The number of anilines is 1. The van der Waals surface area contributed by atoms with Gasteiger partial charge in [-0.15, -0.1) is 0 Å². The Morgan fingerprint density at radius 1 is 1.21 bits per heavy atom. The first kappa shape index (κ1) is 11.6. The molecular formula is C13H11FN4O. The summed E-state index contributed by atoms with van der Waals surface area (Å²) in [7, 11) is 0. The molecule has 0 amide bonds. The van der Waals surface area contributed by atoms with Crippen molar-refractivity contribution in [1.82, 2.24) is 15.0 Å². The fraction of sp³-hybridized carbons (Fsp3) is 0.0769. The number of hydrogen-bond donors (Lipinski definition) is 3. The first-order valence-electron chi connectivity index (χ1n) is 5.68. The molecule has 1 unspecified atom stereocenters. The molecule has 0 aliphatic rings. The summed E-state index contributed by atoms with van der Waals surface area (Å²) in [6, 6.07) is 4.53. The fourth-order valence-electron chi connectivity index (χ4n) is 2.02. The van der Waals surface area contributed by atoms with E-state index in [1.54, 1.807) is 12.3 Å². The average Bonchev–Trinajstić information content (AvgIpc) is 2.85. The smallest absolute Gasteiger partial charge is 0.156 e. The van der Waals surface area contributed by atoms with Gasteiger partial charge in [-0.2, -0.15) is 0 Å². The lowest BCUT2D eigenvalue weighted by molar-refractivity contribution is 0.216. The van der Waals surface area contributed by atoms with Crippen molar-refractivity contribution in [2.45, 2.75) is 6.10 Å². The molecule has 4 N–H and O–H groups in total. The van der Waals surface area contributed by atoms with Crippen LogP contribution in [0.25, 0.3) is 11.2 Å². The van der Waals surface area contributed by atoms with Crippen LogP contribution in [-0.4, -0.2) is 20.1 Å². The number of nitrogens with two attached hydrogens (primary N) is 1. The summed E-state index contributed by atoms with van der Waals surface area (Å²) in [6.07, 6.45) is 3.48. The number of nitrogens with zero attached hydrogens (tertiary/aromatic N) is 2. The Bertz CT molecular complexity index is 740. The molecule has 3 rings (SSSR count). The second-order valence-corrected chi connectivity index (χ2v) is 4.15. The highest BCUT2D eigenvalue weighted by molar-refractivity contribution is 5.75. The second-order valence-electron chi connectivity index (χ2n) is 4.15. The first-order valence-corrected chi connectivity index (χ1v) is 5.68. The monoisotopic (exact) mass is 258 g/mol. The van der Waals surface area contributed by atoms with Crippen LogP contribution in [0.2, 0.25) is 0 Å². The van der Waals surface area contributed by atoms with Gasteiger partial charge in [0.1, 0.15) is 11.6 Å². The van der Waals surface area contributed by atoms with Crippen molar-refractivity contribution < 1.29 is 9.50 Å². The molecule has 0 radical (unpaired) electrons. The van der Waals surface area contributed by atoms with Gasteiger partial charge in [-0.3, -0.25) is 4.98 Å². The number of rotatable bonds is 2. The summed E-state index contributed by atoms with van der Waals surface area (Å²) < 4.78 is 13.9. The Balaban J connectivity index is 2.13. The van der Waals surface area contributed by atoms with Crippen LogP contribution in [0.3, 0.4) is 0 Å². The zero-order chi connectivity index (χ0) is 13.4. The van der Waals surface area contributed by atoms with Crippen LogP contribution in [0.4, 0.5) is 10.1 Å². The van der Waals surface area contributed by atoms with Gasteiger partial charge in [-0.25, -0.2) is 9.37 Å². The Morgan fingerprint density at radius 3 is 2.84 bits per heavy atom. The number of benzene rings is 1. The molecule has 0 saturated heterocycles. The quantitative estimate of drug-likeness (QED) is 0.611. The van der Waals surface area contributed by atoms with E-state index in [9.17, 15) is 9.50 Å². The van der Waals surface area contributed by atoms with Gasteiger partial charge in [0.25, 0.3) is 0 Å². The maximum Gasteiger partial charge on any atom is 0.156 e. The van der Waals surface area contributed by atoms with Crippen LogP contribution < -0.4 is 5.73 Å². The minimum atomic E-state index is -1.14. The van der Waals surface area contributed by atoms with E-state index >= 15 is 0 Å². The van der Waals surface area contributed by atoms with Gasteiger partial charge in [0.15, 0.2) is 11.5 Å². The number of aromatic nitrogens is 3. The van der Waals surface area contributed by atoms with Gasteiger partial charge in [0.05, 0.1) is 5.69 Å². The Hall–Kier alpha value is -2.47. The molecule has 2 heterocycles. The maximum absolute atomic E-state index is 13.9. The van der Waals surface area contributed by atoms with Gasteiger partial charge in [-0.05, 0) is 6.07 Å². The molecule has 0 saturated carbocycles. The van der Waals surface area contributed by atoms with Crippen LogP contribution in [0, 0.1) is 5.82 Å². The molecule has 0 aliphatic heterocycles. The second kappa shape index (κ2) is 4.33. The van der Waals surface area contributed by atoms with Crippen LogP contribution in [0.15, 0.2) is 36.8 Å². The summed E-state index contributed by atoms with van der Waals surface area (Å²) in [6.45, 7) is 0. The van der Waals surface area contributed by atoms with E-state index in [-0.39, 0.29) is 11.3 Å². The molecule has 0 spiro atoms. The standard InChI is InChI=1S/C13H11FN4O/c14-10-7(2-1-3-9(10)15)12(19)8-6-18-13-11(8)16-4-5-17-13/h1-6,12,19H,15H2,(H,17,18). The minimum Gasteiger partial charge on any atom is -0.396 e. The molecule has 5 nitrogen and oxygen atoms in total. The summed E-state index contributed by atoms with van der Waals surface area (Å²) in [5.74, 6) is -0.617. The molecule has 96 valence electrons. The van der Waals surface area contributed by atoms with Crippen molar-refractivity contribution in [2.75, 3.05) is 5.73 Å². The topological polar surface area (TPSA) is 87.8 Å². The number of fused-ring (bicyclic) bond motifs is 1. The van der Waals surface area contributed by atoms with E-state index in [0.29, 0.717) is 16.7 Å². The van der Waals surface area contributed by atoms with Gasteiger partial charge in [0.2, 0.25) is 0 Å². The van der Waals surface area contributed by atoms with Crippen molar-refractivity contribution in [3.63, 3.8) is 0 Å². The van der Waals surface area contributed by atoms with E-state index in [0.717, 1.165) is 0 Å². The Kier molecular flexibility index (Phi) is 2.64. The molecule has 0 aliphatic carbocycles. The zero-order valence-corrected chi connectivity index (χ0v) is 9.84. The number of H-pyrrole nitrogens is 1. The van der Waals surface area contributed by atoms with E-state index < -0.39 is 11.9 Å². The number of aliphatic hydroxyl groups is 1. The molecule has 0 bridgehead atoms. The Morgan fingerprint density at radius 2 is 2.00 bits per heavy atom. The molecular weight excluding hydrogens is 247 g/mol. The van der Waals surface area contributed by atoms with Crippen molar-refractivity contribution in [1.29, 1.82) is 0 Å². The molecule has 1 atom stereocenters. The van der Waals surface area contributed by atoms with Crippen LogP contribution in [-0.2, 0) is 0 Å². The van der Waals surface area contributed by atoms with Gasteiger partial charge >= 0.3 is 0 Å². The van der Waals surface area contributed by atoms with Crippen LogP contribution in [0.1, 0.15) is 17.2 Å². The summed E-state index contributed by atoms with van der Waals surface area (Å²) in [5, 5.41) is 10.3. The normalized spacial score (nSPS) is 12.7. The molecule has 2 aromatic heterocycles. The fourth-order valence-corrected chi connectivity index (χ4v) is 2.02. The predicted molar refractivity (Wildman–Crippen MR) is 68.8 cm³/mol. The van der Waals surface area contributed by atoms with Crippen molar-refractivity contribution in [2.24, 2.45) is 0 Å². The summed E-state index contributed by atoms with van der Waals surface area (Å²) >= 11 is 0. The summed E-state index contributed by atoms with van der Waals surface area (Å²) in [4.78, 5) is 11.1. The van der Waals surface area contributed by atoms with Gasteiger partial charge in [-0.1, -0.05) is 12.1 Å². The molecule has 19 heavy (non-hydrogen) atoms.